The normalized spacial score (nSPS) is 24.7. The van der Waals surface area contributed by atoms with Crippen LogP contribution in [0.4, 0.5) is 0 Å². The standard InChI is InChI=1S/C11H23N3O/c1-9(6-8-13(2)3)14-7-4-5-10(12)11(14)15/h9-10H,4-8,12H2,1-3H3. The zero-order valence-corrected chi connectivity index (χ0v) is 10.1. The van der Waals surface area contributed by atoms with Crippen LogP contribution in [0.15, 0.2) is 0 Å². The zero-order chi connectivity index (χ0) is 11.4. The molecule has 2 unspecified atom stereocenters. The van der Waals surface area contributed by atoms with E-state index in [0.717, 1.165) is 32.4 Å². The summed E-state index contributed by atoms with van der Waals surface area (Å²) < 4.78 is 0. The second kappa shape index (κ2) is 5.47. The van der Waals surface area contributed by atoms with Gasteiger partial charge in [0.1, 0.15) is 0 Å². The number of hydrogen-bond donors (Lipinski definition) is 1. The maximum atomic E-state index is 11.8. The third-order valence-electron chi connectivity index (χ3n) is 3.04. The van der Waals surface area contributed by atoms with Crippen LogP contribution in [0, 0.1) is 0 Å². The highest BCUT2D eigenvalue weighted by atomic mass is 16.2. The smallest absolute Gasteiger partial charge is 0.239 e. The Bertz CT molecular complexity index is 218. The molecule has 0 bridgehead atoms. The molecule has 0 aromatic heterocycles. The highest BCUT2D eigenvalue weighted by Crippen LogP contribution is 2.15. The lowest BCUT2D eigenvalue weighted by molar-refractivity contribution is -0.137. The molecule has 0 saturated carbocycles. The van der Waals surface area contributed by atoms with Gasteiger partial charge in [0.15, 0.2) is 0 Å². The quantitative estimate of drug-likeness (QED) is 0.729. The third kappa shape index (κ3) is 3.47. The first-order chi connectivity index (χ1) is 7.02. The maximum Gasteiger partial charge on any atom is 0.239 e. The van der Waals surface area contributed by atoms with Gasteiger partial charge in [0, 0.05) is 12.6 Å². The Morgan fingerprint density at radius 1 is 1.60 bits per heavy atom. The second-order valence-electron chi connectivity index (χ2n) is 4.72. The summed E-state index contributed by atoms with van der Waals surface area (Å²) in [5.41, 5.74) is 5.76. The van der Waals surface area contributed by atoms with E-state index in [1.165, 1.54) is 0 Å². The molecule has 2 N–H and O–H groups in total. The van der Waals surface area contributed by atoms with Crippen molar-refractivity contribution >= 4 is 5.91 Å². The zero-order valence-electron chi connectivity index (χ0n) is 10.1. The van der Waals surface area contributed by atoms with E-state index in [1.807, 2.05) is 4.90 Å². The summed E-state index contributed by atoms with van der Waals surface area (Å²) in [7, 11) is 4.10. The van der Waals surface area contributed by atoms with Crippen molar-refractivity contribution in [3.05, 3.63) is 0 Å². The molecule has 0 radical (unpaired) electrons. The van der Waals surface area contributed by atoms with Crippen molar-refractivity contribution < 1.29 is 4.79 Å². The molecule has 1 aliphatic rings. The predicted molar refractivity (Wildman–Crippen MR) is 61.6 cm³/mol. The second-order valence-corrected chi connectivity index (χ2v) is 4.72. The fraction of sp³-hybridized carbons (Fsp3) is 0.909. The van der Waals surface area contributed by atoms with Gasteiger partial charge in [-0.25, -0.2) is 0 Å². The third-order valence-corrected chi connectivity index (χ3v) is 3.04. The van der Waals surface area contributed by atoms with Gasteiger partial charge in [0.2, 0.25) is 5.91 Å². The van der Waals surface area contributed by atoms with Crippen LogP contribution in [-0.4, -0.2) is 55.0 Å². The number of rotatable bonds is 4. The monoisotopic (exact) mass is 213 g/mol. The number of carbonyl (C=O) groups excluding carboxylic acids is 1. The van der Waals surface area contributed by atoms with Crippen LogP contribution in [0.2, 0.25) is 0 Å². The molecular weight excluding hydrogens is 190 g/mol. The van der Waals surface area contributed by atoms with Crippen molar-refractivity contribution in [2.45, 2.75) is 38.3 Å². The van der Waals surface area contributed by atoms with Gasteiger partial charge >= 0.3 is 0 Å². The minimum Gasteiger partial charge on any atom is -0.339 e. The summed E-state index contributed by atoms with van der Waals surface area (Å²) in [6.07, 6.45) is 2.90. The Morgan fingerprint density at radius 3 is 2.87 bits per heavy atom. The Morgan fingerprint density at radius 2 is 2.27 bits per heavy atom. The molecule has 2 atom stereocenters. The first-order valence-corrected chi connectivity index (χ1v) is 5.73. The fourth-order valence-electron chi connectivity index (χ4n) is 1.97. The largest absolute Gasteiger partial charge is 0.339 e. The number of carbonyl (C=O) groups is 1. The Hall–Kier alpha value is -0.610. The lowest BCUT2D eigenvalue weighted by Crippen LogP contribution is -2.52. The molecule has 0 aromatic rings. The lowest BCUT2D eigenvalue weighted by atomic mass is 10.0. The molecule has 1 rings (SSSR count). The van der Waals surface area contributed by atoms with Gasteiger partial charge in [-0.1, -0.05) is 0 Å². The van der Waals surface area contributed by atoms with Gasteiger partial charge in [-0.15, -0.1) is 0 Å². The molecule has 4 heteroatoms. The molecule has 1 aliphatic heterocycles. The average Bonchev–Trinajstić information content (AvgIpc) is 2.18. The van der Waals surface area contributed by atoms with Crippen LogP contribution in [0.5, 0.6) is 0 Å². The van der Waals surface area contributed by atoms with E-state index < -0.39 is 0 Å². The molecule has 0 aromatic carbocycles. The van der Waals surface area contributed by atoms with Gasteiger partial charge in [0.25, 0.3) is 0 Å². The summed E-state index contributed by atoms with van der Waals surface area (Å²) in [5.74, 6) is 0.132. The summed E-state index contributed by atoms with van der Waals surface area (Å²) in [4.78, 5) is 15.9. The molecule has 0 aliphatic carbocycles. The SMILES string of the molecule is CC(CCN(C)C)N1CCCC(N)C1=O. The van der Waals surface area contributed by atoms with Crippen LogP contribution in [0.1, 0.15) is 26.2 Å². The van der Waals surface area contributed by atoms with E-state index in [2.05, 4.69) is 25.9 Å². The van der Waals surface area contributed by atoms with Crippen molar-refractivity contribution in [3.8, 4) is 0 Å². The first-order valence-electron chi connectivity index (χ1n) is 5.73. The summed E-state index contributed by atoms with van der Waals surface area (Å²) >= 11 is 0. The molecule has 88 valence electrons. The lowest BCUT2D eigenvalue weighted by Gasteiger charge is -2.35. The predicted octanol–water partition coefficient (Wildman–Crippen LogP) is 0.276. The number of nitrogens with zero attached hydrogens (tertiary/aromatic N) is 2. The molecule has 0 spiro atoms. The number of amides is 1. The summed E-state index contributed by atoms with van der Waals surface area (Å²) in [5, 5.41) is 0. The summed E-state index contributed by atoms with van der Waals surface area (Å²) in [6.45, 7) is 4.00. The fourth-order valence-corrected chi connectivity index (χ4v) is 1.97. The van der Waals surface area contributed by atoms with Gasteiger partial charge in [-0.3, -0.25) is 4.79 Å². The van der Waals surface area contributed by atoms with Crippen molar-refractivity contribution in [2.24, 2.45) is 5.73 Å². The number of piperidine rings is 1. The Labute approximate surface area is 92.4 Å². The van der Waals surface area contributed by atoms with Crippen molar-refractivity contribution in [2.75, 3.05) is 27.2 Å². The van der Waals surface area contributed by atoms with Crippen LogP contribution < -0.4 is 5.73 Å². The number of likely N-dealkylation sites (tertiary alicyclic amines) is 1. The van der Waals surface area contributed by atoms with Crippen LogP contribution in [0.25, 0.3) is 0 Å². The van der Waals surface area contributed by atoms with Gasteiger partial charge in [-0.05, 0) is 46.8 Å². The molecule has 4 nitrogen and oxygen atoms in total. The topological polar surface area (TPSA) is 49.6 Å². The molecule has 1 saturated heterocycles. The van der Waals surface area contributed by atoms with Crippen LogP contribution in [-0.2, 0) is 4.79 Å². The molecule has 1 fully saturated rings. The van der Waals surface area contributed by atoms with E-state index in [4.69, 9.17) is 5.73 Å². The van der Waals surface area contributed by atoms with Gasteiger partial charge in [-0.2, -0.15) is 0 Å². The summed E-state index contributed by atoms with van der Waals surface area (Å²) in [6, 6.07) is 0.0480. The van der Waals surface area contributed by atoms with E-state index in [-0.39, 0.29) is 11.9 Å². The van der Waals surface area contributed by atoms with Crippen LogP contribution >= 0.6 is 0 Å². The molecular formula is C11H23N3O. The van der Waals surface area contributed by atoms with E-state index in [9.17, 15) is 4.79 Å². The highest BCUT2D eigenvalue weighted by Gasteiger charge is 2.28. The van der Waals surface area contributed by atoms with Crippen molar-refractivity contribution in [3.63, 3.8) is 0 Å². The van der Waals surface area contributed by atoms with Crippen LogP contribution in [0.3, 0.4) is 0 Å². The molecule has 1 heterocycles. The van der Waals surface area contributed by atoms with E-state index in [1.54, 1.807) is 0 Å². The maximum absolute atomic E-state index is 11.8. The van der Waals surface area contributed by atoms with Gasteiger partial charge < -0.3 is 15.5 Å². The molecule has 1 amide bonds. The number of nitrogens with two attached hydrogens (primary N) is 1. The average molecular weight is 213 g/mol. The first kappa shape index (κ1) is 12.5. The highest BCUT2D eigenvalue weighted by molar-refractivity contribution is 5.82. The minimum absolute atomic E-state index is 0.132. The number of hydrogen-bond acceptors (Lipinski definition) is 3. The minimum atomic E-state index is -0.263. The Kier molecular flexibility index (Phi) is 4.54. The van der Waals surface area contributed by atoms with E-state index in [0.29, 0.717) is 6.04 Å². The van der Waals surface area contributed by atoms with Crippen molar-refractivity contribution in [1.82, 2.24) is 9.80 Å². The Balaban J connectivity index is 2.43. The molecule has 15 heavy (non-hydrogen) atoms. The van der Waals surface area contributed by atoms with Crippen molar-refractivity contribution in [1.29, 1.82) is 0 Å². The van der Waals surface area contributed by atoms with Gasteiger partial charge in [0.05, 0.1) is 6.04 Å². The van der Waals surface area contributed by atoms with E-state index >= 15 is 0 Å².